The summed E-state index contributed by atoms with van der Waals surface area (Å²) >= 11 is 1.79. The minimum atomic E-state index is 0.176. The van der Waals surface area contributed by atoms with Crippen molar-refractivity contribution < 1.29 is 9.53 Å². The van der Waals surface area contributed by atoms with Crippen LogP contribution in [0.4, 0.5) is 0 Å². The molecule has 1 aliphatic heterocycles. The van der Waals surface area contributed by atoms with Crippen molar-refractivity contribution in [2.24, 2.45) is 0 Å². The SMILES string of the molecule is COCC(C)NCC(=O)N1CCc2sccc2C1. The Hall–Kier alpha value is -0.910. The zero-order chi connectivity index (χ0) is 13.0. The van der Waals surface area contributed by atoms with E-state index in [1.165, 1.54) is 10.4 Å². The molecule has 1 aromatic heterocycles. The molecule has 0 aliphatic carbocycles. The van der Waals surface area contributed by atoms with Crippen molar-refractivity contribution in [1.29, 1.82) is 0 Å². The van der Waals surface area contributed by atoms with E-state index < -0.39 is 0 Å². The fourth-order valence-corrected chi connectivity index (χ4v) is 3.03. The third kappa shape index (κ3) is 3.31. The number of carbonyl (C=O) groups excluding carboxylic acids is 1. The Balaban J connectivity index is 1.80. The Morgan fingerprint density at radius 1 is 1.67 bits per heavy atom. The van der Waals surface area contributed by atoms with E-state index in [-0.39, 0.29) is 11.9 Å². The summed E-state index contributed by atoms with van der Waals surface area (Å²) in [4.78, 5) is 15.4. The Bertz CT molecular complexity index is 405. The first-order chi connectivity index (χ1) is 8.70. The molecule has 0 fully saturated rings. The van der Waals surface area contributed by atoms with E-state index >= 15 is 0 Å². The van der Waals surface area contributed by atoms with Crippen LogP contribution in [0.2, 0.25) is 0 Å². The monoisotopic (exact) mass is 268 g/mol. The van der Waals surface area contributed by atoms with E-state index in [4.69, 9.17) is 4.74 Å². The van der Waals surface area contributed by atoms with Crippen LogP contribution in [0, 0.1) is 0 Å². The average Bonchev–Trinajstić information content (AvgIpc) is 2.83. The van der Waals surface area contributed by atoms with Crippen LogP contribution in [0.3, 0.4) is 0 Å². The zero-order valence-corrected chi connectivity index (χ0v) is 11.8. The van der Waals surface area contributed by atoms with Gasteiger partial charge in [0.25, 0.3) is 0 Å². The number of rotatable bonds is 5. The summed E-state index contributed by atoms with van der Waals surface area (Å²) < 4.78 is 5.03. The molecule has 100 valence electrons. The smallest absolute Gasteiger partial charge is 0.236 e. The lowest BCUT2D eigenvalue weighted by molar-refractivity contribution is -0.131. The van der Waals surface area contributed by atoms with Crippen molar-refractivity contribution in [2.45, 2.75) is 25.9 Å². The highest BCUT2D eigenvalue weighted by molar-refractivity contribution is 7.10. The maximum absolute atomic E-state index is 12.1. The normalized spacial score (nSPS) is 16.4. The van der Waals surface area contributed by atoms with E-state index in [1.54, 1.807) is 18.4 Å². The molecule has 0 radical (unpaired) electrons. The van der Waals surface area contributed by atoms with Crippen LogP contribution in [0.15, 0.2) is 11.4 Å². The van der Waals surface area contributed by atoms with Gasteiger partial charge in [-0.05, 0) is 30.4 Å². The fourth-order valence-electron chi connectivity index (χ4n) is 2.14. The molecule has 2 heterocycles. The van der Waals surface area contributed by atoms with Gasteiger partial charge < -0.3 is 15.0 Å². The molecule has 1 atom stereocenters. The van der Waals surface area contributed by atoms with Gasteiger partial charge in [0.2, 0.25) is 5.91 Å². The van der Waals surface area contributed by atoms with Crippen molar-refractivity contribution in [1.82, 2.24) is 10.2 Å². The molecule has 1 N–H and O–H groups in total. The summed E-state index contributed by atoms with van der Waals surface area (Å²) in [7, 11) is 1.67. The second kappa shape index (κ2) is 6.31. The van der Waals surface area contributed by atoms with Gasteiger partial charge in [0.05, 0.1) is 13.2 Å². The number of nitrogens with zero attached hydrogens (tertiary/aromatic N) is 1. The molecule has 4 nitrogen and oxygen atoms in total. The highest BCUT2D eigenvalue weighted by Crippen LogP contribution is 2.23. The minimum absolute atomic E-state index is 0.176. The van der Waals surface area contributed by atoms with E-state index in [1.807, 2.05) is 11.8 Å². The van der Waals surface area contributed by atoms with E-state index in [0.29, 0.717) is 13.2 Å². The topological polar surface area (TPSA) is 41.6 Å². The average molecular weight is 268 g/mol. The number of fused-ring (bicyclic) bond motifs is 1. The molecule has 5 heteroatoms. The summed E-state index contributed by atoms with van der Waals surface area (Å²) in [6, 6.07) is 2.33. The molecule has 18 heavy (non-hydrogen) atoms. The Labute approximate surface area is 112 Å². The second-order valence-corrected chi connectivity index (χ2v) is 5.67. The maximum Gasteiger partial charge on any atom is 0.236 e. The molecule has 0 aromatic carbocycles. The largest absolute Gasteiger partial charge is 0.383 e. The highest BCUT2D eigenvalue weighted by atomic mass is 32.1. The van der Waals surface area contributed by atoms with Gasteiger partial charge in [-0.2, -0.15) is 0 Å². The molecule has 1 amide bonds. The third-order valence-corrected chi connectivity index (χ3v) is 4.20. The molecule has 0 saturated carbocycles. The predicted molar refractivity (Wildman–Crippen MR) is 72.8 cm³/mol. The van der Waals surface area contributed by atoms with Gasteiger partial charge in [-0.15, -0.1) is 11.3 Å². The number of hydrogen-bond donors (Lipinski definition) is 1. The number of thiophene rings is 1. The summed E-state index contributed by atoms with van der Waals surface area (Å²) in [6.07, 6.45) is 0.992. The van der Waals surface area contributed by atoms with Gasteiger partial charge in [-0.1, -0.05) is 0 Å². The van der Waals surface area contributed by atoms with E-state index in [0.717, 1.165) is 19.5 Å². The van der Waals surface area contributed by atoms with Crippen LogP contribution >= 0.6 is 11.3 Å². The standard InChI is InChI=1S/C13H20N2O2S/c1-10(9-17-2)14-7-13(16)15-5-3-12-11(8-15)4-6-18-12/h4,6,10,14H,3,5,7-9H2,1-2H3. The number of amides is 1. The lowest BCUT2D eigenvalue weighted by Gasteiger charge is -2.27. The fraction of sp³-hybridized carbons (Fsp3) is 0.615. The van der Waals surface area contributed by atoms with Crippen molar-refractivity contribution in [3.63, 3.8) is 0 Å². The number of methoxy groups -OCH3 is 1. The van der Waals surface area contributed by atoms with Crippen LogP contribution in [-0.2, 0) is 22.5 Å². The van der Waals surface area contributed by atoms with Crippen molar-refractivity contribution >= 4 is 17.2 Å². The van der Waals surface area contributed by atoms with Crippen molar-refractivity contribution in [2.75, 3.05) is 26.8 Å². The maximum atomic E-state index is 12.1. The van der Waals surface area contributed by atoms with Crippen LogP contribution < -0.4 is 5.32 Å². The van der Waals surface area contributed by atoms with Gasteiger partial charge in [-0.3, -0.25) is 4.79 Å². The first-order valence-corrected chi connectivity index (χ1v) is 7.14. The summed E-state index contributed by atoms with van der Waals surface area (Å²) in [5, 5.41) is 5.29. The lowest BCUT2D eigenvalue weighted by atomic mass is 10.1. The number of hydrogen-bond acceptors (Lipinski definition) is 4. The van der Waals surface area contributed by atoms with E-state index in [9.17, 15) is 4.79 Å². The van der Waals surface area contributed by atoms with Crippen LogP contribution in [0.5, 0.6) is 0 Å². The molecule has 0 spiro atoms. The summed E-state index contributed by atoms with van der Waals surface area (Å²) in [5.74, 6) is 0.176. The van der Waals surface area contributed by atoms with Crippen LogP contribution in [-0.4, -0.2) is 43.7 Å². The first-order valence-electron chi connectivity index (χ1n) is 6.26. The summed E-state index contributed by atoms with van der Waals surface area (Å²) in [6.45, 7) is 4.64. The van der Waals surface area contributed by atoms with Gasteiger partial charge >= 0.3 is 0 Å². The molecular weight excluding hydrogens is 248 g/mol. The van der Waals surface area contributed by atoms with Crippen LogP contribution in [0.25, 0.3) is 0 Å². The van der Waals surface area contributed by atoms with E-state index in [2.05, 4.69) is 16.8 Å². The first kappa shape index (κ1) is 13.5. The van der Waals surface area contributed by atoms with Gasteiger partial charge in [0.15, 0.2) is 0 Å². The number of carbonyl (C=O) groups is 1. The Morgan fingerprint density at radius 3 is 3.28 bits per heavy atom. The molecule has 0 saturated heterocycles. The van der Waals surface area contributed by atoms with Crippen molar-refractivity contribution in [3.05, 3.63) is 21.9 Å². The molecule has 0 bridgehead atoms. The van der Waals surface area contributed by atoms with Gasteiger partial charge in [-0.25, -0.2) is 0 Å². The van der Waals surface area contributed by atoms with Gasteiger partial charge in [0.1, 0.15) is 0 Å². The lowest BCUT2D eigenvalue weighted by Crippen LogP contribution is -2.43. The number of nitrogens with one attached hydrogen (secondary N) is 1. The van der Waals surface area contributed by atoms with Crippen molar-refractivity contribution in [3.8, 4) is 0 Å². The highest BCUT2D eigenvalue weighted by Gasteiger charge is 2.21. The summed E-state index contributed by atoms with van der Waals surface area (Å²) in [5.41, 5.74) is 1.31. The molecule has 1 unspecified atom stereocenters. The molecule has 2 rings (SSSR count). The quantitative estimate of drug-likeness (QED) is 0.874. The molecule has 1 aromatic rings. The Morgan fingerprint density at radius 2 is 2.50 bits per heavy atom. The Kier molecular flexibility index (Phi) is 4.74. The molecule has 1 aliphatic rings. The zero-order valence-electron chi connectivity index (χ0n) is 10.9. The third-order valence-electron chi connectivity index (χ3n) is 3.18. The number of ether oxygens (including phenoxy) is 1. The minimum Gasteiger partial charge on any atom is -0.383 e. The van der Waals surface area contributed by atoms with Crippen LogP contribution in [0.1, 0.15) is 17.4 Å². The van der Waals surface area contributed by atoms with Gasteiger partial charge in [0, 0.05) is 31.1 Å². The second-order valence-electron chi connectivity index (χ2n) is 4.67. The molecular formula is C13H20N2O2S. The predicted octanol–water partition coefficient (Wildman–Crippen LogP) is 1.26.